The average molecular weight is 208 g/mol. The Morgan fingerprint density at radius 3 is 2.93 bits per heavy atom. The maximum absolute atomic E-state index is 5.82. The molecule has 0 amide bonds. The minimum Gasteiger partial charge on any atom is -0.398 e. The second-order valence-corrected chi connectivity index (χ2v) is 3.56. The predicted octanol–water partition coefficient (Wildman–Crippen LogP) is 2.24. The number of aromatic amines is 1. The Morgan fingerprint density at radius 2 is 2.29 bits per heavy atom. The summed E-state index contributed by atoms with van der Waals surface area (Å²) < 4.78 is 0. The first-order valence-corrected chi connectivity index (χ1v) is 4.65. The Kier molecular flexibility index (Phi) is 2.41. The number of halogens is 1. The van der Waals surface area contributed by atoms with Crippen molar-refractivity contribution in [2.45, 2.75) is 6.42 Å². The quantitative estimate of drug-likeness (QED) is 0.743. The lowest BCUT2D eigenvalue weighted by Crippen LogP contribution is -1.94. The summed E-state index contributed by atoms with van der Waals surface area (Å²) in [5.41, 5.74) is 8.72. The SMILES string of the molecule is Nc1cc(Cl)ccc1Cc1cn[nH]c1. The van der Waals surface area contributed by atoms with Crippen LogP contribution in [0.15, 0.2) is 30.6 Å². The van der Waals surface area contributed by atoms with E-state index in [0.29, 0.717) is 5.02 Å². The third-order valence-corrected chi connectivity index (χ3v) is 2.29. The van der Waals surface area contributed by atoms with Gasteiger partial charge in [-0.3, -0.25) is 5.10 Å². The molecule has 3 nitrogen and oxygen atoms in total. The van der Waals surface area contributed by atoms with Crippen molar-refractivity contribution in [1.82, 2.24) is 10.2 Å². The third-order valence-electron chi connectivity index (χ3n) is 2.06. The Bertz CT molecular complexity index is 423. The summed E-state index contributed by atoms with van der Waals surface area (Å²) >= 11 is 5.80. The topological polar surface area (TPSA) is 54.7 Å². The summed E-state index contributed by atoms with van der Waals surface area (Å²) in [7, 11) is 0. The summed E-state index contributed by atoms with van der Waals surface area (Å²) in [6, 6.07) is 5.54. The van der Waals surface area contributed by atoms with E-state index in [2.05, 4.69) is 10.2 Å². The van der Waals surface area contributed by atoms with E-state index in [1.165, 1.54) is 0 Å². The molecule has 72 valence electrons. The molecule has 0 fully saturated rings. The number of nitrogens with zero attached hydrogens (tertiary/aromatic N) is 1. The van der Waals surface area contributed by atoms with Crippen LogP contribution >= 0.6 is 11.6 Å². The van der Waals surface area contributed by atoms with E-state index in [1.807, 2.05) is 18.3 Å². The molecule has 0 atom stereocenters. The number of nitrogen functional groups attached to an aromatic ring is 1. The maximum Gasteiger partial charge on any atom is 0.0522 e. The Balaban J connectivity index is 2.25. The molecule has 2 aromatic rings. The van der Waals surface area contributed by atoms with Gasteiger partial charge in [-0.15, -0.1) is 0 Å². The van der Waals surface area contributed by atoms with Gasteiger partial charge in [0.15, 0.2) is 0 Å². The van der Waals surface area contributed by atoms with Gasteiger partial charge in [0.05, 0.1) is 6.20 Å². The van der Waals surface area contributed by atoms with Gasteiger partial charge in [-0.2, -0.15) is 5.10 Å². The van der Waals surface area contributed by atoms with E-state index in [0.717, 1.165) is 23.2 Å². The number of nitrogens with two attached hydrogens (primary N) is 1. The Morgan fingerprint density at radius 1 is 1.43 bits per heavy atom. The minimum absolute atomic E-state index is 0.665. The van der Waals surface area contributed by atoms with Crippen molar-refractivity contribution in [2.24, 2.45) is 0 Å². The molecule has 0 unspecified atom stereocenters. The first-order valence-electron chi connectivity index (χ1n) is 4.27. The van der Waals surface area contributed by atoms with Gasteiger partial charge in [0.25, 0.3) is 0 Å². The first-order chi connectivity index (χ1) is 6.75. The molecular formula is C10H10ClN3. The van der Waals surface area contributed by atoms with Crippen LogP contribution in [-0.4, -0.2) is 10.2 Å². The predicted molar refractivity (Wildman–Crippen MR) is 57.3 cm³/mol. The van der Waals surface area contributed by atoms with Crippen LogP contribution in [0.3, 0.4) is 0 Å². The fraction of sp³-hybridized carbons (Fsp3) is 0.100. The van der Waals surface area contributed by atoms with E-state index in [4.69, 9.17) is 17.3 Å². The van der Waals surface area contributed by atoms with Gasteiger partial charge in [-0.25, -0.2) is 0 Å². The number of hydrogen-bond donors (Lipinski definition) is 2. The highest BCUT2D eigenvalue weighted by atomic mass is 35.5. The number of rotatable bonds is 2. The molecule has 2 rings (SSSR count). The van der Waals surface area contributed by atoms with Gasteiger partial charge in [0, 0.05) is 23.3 Å². The van der Waals surface area contributed by atoms with Gasteiger partial charge in [0.2, 0.25) is 0 Å². The standard InChI is InChI=1S/C10H10ClN3/c11-9-2-1-8(10(12)4-9)3-7-5-13-14-6-7/h1-2,4-6H,3,12H2,(H,13,14). The van der Waals surface area contributed by atoms with Gasteiger partial charge in [-0.05, 0) is 23.3 Å². The van der Waals surface area contributed by atoms with Crippen molar-refractivity contribution in [3.63, 3.8) is 0 Å². The van der Waals surface area contributed by atoms with Crippen LogP contribution in [-0.2, 0) is 6.42 Å². The van der Waals surface area contributed by atoms with E-state index in [9.17, 15) is 0 Å². The van der Waals surface area contributed by atoms with E-state index >= 15 is 0 Å². The van der Waals surface area contributed by atoms with Crippen molar-refractivity contribution in [2.75, 3.05) is 5.73 Å². The van der Waals surface area contributed by atoms with Crippen LogP contribution in [0.4, 0.5) is 5.69 Å². The molecule has 0 saturated heterocycles. The van der Waals surface area contributed by atoms with Crippen molar-refractivity contribution in [3.8, 4) is 0 Å². The van der Waals surface area contributed by atoms with Crippen molar-refractivity contribution >= 4 is 17.3 Å². The Hall–Kier alpha value is -1.48. The zero-order chi connectivity index (χ0) is 9.97. The number of aromatic nitrogens is 2. The molecular weight excluding hydrogens is 198 g/mol. The smallest absolute Gasteiger partial charge is 0.0522 e. The molecule has 14 heavy (non-hydrogen) atoms. The largest absolute Gasteiger partial charge is 0.398 e. The molecule has 0 aliphatic heterocycles. The number of anilines is 1. The zero-order valence-electron chi connectivity index (χ0n) is 7.50. The third kappa shape index (κ3) is 1.88. The van der Waals surface area contributed by atoms with Crippen LogP contribution in [0.1, 0.15) is 11.1 Å². The van der Waals surface area contributed by atoms with Gasteiger partial charge in [-0.1, -0.05) is 17.7 Å². The van der Waals surface area contributed by atoms with Gasteiger partial charge in [0.1, 0.15) is 0 Å². The highest BCUT2D eigenvalue weighted by molar-refractivity contribution is 6.30. The summed E-state index contributed by atoms with van der Waals surface area (Å²) in [6.07, 6.45) is 4.42. The second-order valence-electron chi connectivity index (χ2n) is 3.13. The van der Waals surface area contributed by atoms with Crippen LogP contribution in [0, 0.1) is 0 Å². The zero-order valence-corrected chi connectivity index (χ0v) is 8.25. The highest BCUT2D eigenvalue weighted by Gasteiger charge is 2.02. The van der Waals surface area contributed by atoms with Crippen molar-refractivity contribution in [3.05, 3.63) is 46.7 Å². The molecule has 0 aliphatic rings. The monoisotopic (exact) mass is 207 g/mol. The van der Waals surface area contributed by atoms with E-state index in [-0.39, 0.29) is 0 Å². The molecule has 3 N–H and O–H groups in total. The van der Waals surface area contributed by atoms with E-state index < -0.39 is 0 Å². The lowest BCUT2D eigenvalue weighted by Gasteiger charge is -2.03. The van der Waals surface area contributed by atoms with Crippen molar-refractivity contribution < 1.29 is 0 Å². The van der Waals surface area contributed by atoms with Crippen LogP contribution in [0.5, 0.6) is 0 Å². The molecule has 1 aromatic carbocycles. The molecule has 0 spiro atoms. The van der Waals surface area contributed by atoms with Gasteiger partial charge >= 0.3 is 0 Å². The second kappa shape index (κ2) is 3.72. The Labute approximate surface area is 86.9 Å². The van der Waals surface area contributed by atoms with E-state index in [1.54, 1.807) is 12.3 Å². The first kappa shape index (κ1) is 9.09. The summed E-state index contributed by atoms with van der Waals surface area (Å²) in [6.45, 7) is 0. The number of H-pyrrole nitrogens is 1. The summed E-state index contributed by atoms with van der Waals surface area (Å²) in [4.78, 5) is 0. The molecule has 0 radical (unpaired) electrons. The fourth-order valence-corrected chi connectivity index (χ4v) is 1.50. The van der Waals surface area contributed by atoms with Crippen molar-refractivity contribution in [1.29, 1.82) is 0 Å². The molecule has 0 bridgehead atoms. The van der Waals surface area contributed by atoms with Crippen LogP contribution in [0.25, 0.3) is 0 Å². The number of benzene rings is 1. The summed E-state index contributed by atoms with van der Waals surface area (Å²) in [5, 5.41) is 7.30. The fourth-order valence-electron chi connectivity index (χ4n) is 1.32. The molecule has 1 heterocycles. The average Bonchev–Trinajstić information content (AvgIpc) is 2.62. The number of hydrogen-bond acceptors (Lipinski definition) is 2. The number of nitrogens with one attached hydrogen (secondary N) is 1. The maximum atomic E-state index is 5.82. The minimum atomic E-state index is 0.665. The molecule has 1 aromatic heterocycles. The molecule has 4 heteroatoms. The lowest BCUT2D eigenvalue weighted by atomic mass is 10.1. The van der Waals surface area contributed by atoms with Crippen LogP contribution in [0.2, 0.25) is 5.02 Å². The van der Waals surface area contributed by atoms with Gasteiger partial charge < -0.3 is 5.73 Å². The lowest BCUT2D eigenvalue weighted by molar-refractivity contribution is 1.09. The normalized spacial score (nSPS) is 10.4. The molecule has 0 saturated carbocycles. The molecule has 0 aliphatic carbocycles. The van der Waals surface area contributed by atoms with Crippen LogP contribution < -0.4 is 5.73 Å². The summed E-state index contributed by atoms with van der Waals surface area (Å²) in [5.74, 6) is 0. The highest BCUT2D eigenvalue weighted by Crippen LogP contribution is 2.20.